The van der Waals surface area contributed by atoms with Crippen LogP contribution in [-0.4, -0.2) is 12.3 Å². The van der Waals surface area contributed by atoms with Crippen LogP contribution in [0.25, 0.3) is 0 Å². The molecule has 0 amide bonds. The molecule has 0 aliphatic heterocycles. The van der Waals surface area contributed by atoms with Gasteiger partial charge in [-0.3, -0.25) is 4.79 Å². The largest absolute Gasteiger partial charge is 0.306 e. The van der Waals surface area contributed by atoms with Crippen LogP contribution in [-0.2, 0) is 4.79 Å². The fraction of sp³-hybridized carbons (Fsp3) is 0.400. The molecule has 0 aromatic heterocycles. The molecule has 1 atom stereocenters. The van der Waals surface area contributed by atoms with E-state index in [2.05, 4.69) is 11.9 Å². The van der Waals surface area contributed by atoms with Crippen LogP contribution in [0.2, 0.25) is 0 Å². The minimum atomic E-state index is -0.426. The molecule has 0 aliphatic rings. The second-order valence-corrected chi connectivity index (χ2v) is 4.82. The third-order valence-electron chi connectivity index (χ3n) is 3.23. The van der Waals surface area contributed by atoms with Gasteiger partial charge in [-0.2, -0.15) is 0 Å². The number of carbonyl (C=O) groups is 1. The monoisotopic (exact) mass is 231 g/mol. The van der Waals surface area contributed by atoms with E-state index in [4.69, 9.17) is 0 Å². The van der Waals surface area contributed by atoms with Crippen LogP contribution in [0.15, 0.2) is 43.0 Å². The van der Waals surface area contributed by atoms with Crippen LogP contribution in [0.3, 0.4) is 0 Å². The van der Waals surface area contributed by atoms with Crippen molar-refractivity contribution in [3.8, 4) is 0 Å². The molecule has 2 nitrogen and oxygen atoms in total. The third-order valence-corrected chi connectivity index (χ3v) is 3.23. The van der Waals surface area contributed by atoms with Crippen molar-refractivity contribution < 1.29 is 4.79 Å². The van der Waals surface area contributed by atoms with E-state index in [1.165, 1.54) is 0 Å². The van der Waals surface area contributed by atoms with Gasteiger partial charge < -0.3 is 5.32 Å². The minimum Gasteiger partial charge on any atom is -0.306 e. The summed E-state index contributed by atoms with van der Waals surface area (Å²) in [6.07, 6.45) is 1.81. The SMILES string of the molecule is C=CCNC(c1ccccc1)C(C)(C)C(C)=O. The van der Waals surface area contributed by atoms with E-state index in [1.807, 2.05) is 50.3 Å². The quantitative estimate of drug-likeness (QED) is 0.762. The standard InChI is InChI=1S/C15H21NO/c1-5-11-16-14(15(3,4)12(2)17)13-9-7-6-8-10-13/h5-10,14,16H,1,11H2,2-4H3. The lowest BCUT2D eigenvalue weighted by molar-refractivity contribution is -0.126. The van der Waals surface area contributed by atoms with Crippen LogP contribution in [0.4, 0.5) is 0 Å². The summed E-state index contributed by atoms with van der Waals surface area (Å²) >= 11 is 0. The number of benzene rings is 1. The Bertz CT molecular complexity index is 381. The Balaban J connectivity index is 3.04. The molecular formula is C15H21NO. The topological polar surface area (TPSA) is 29.1 Å². The van der Waals surface area contributed by atoms with Crippen LogP contribution in [0, 0.1) is 5.41 Å². The number of Topliss-reactive ketones (excluding diaryl/α,β-unsaturated/α-hetero) is 1. The van der Waals surface area contributed by atoms with Crippen molar-refractivity contribution in [2.75, 3.05) is 6.54 Å². The van der Waals surface area contributed by atoms with Crippen molar-refractivity contribution in [1.29, 1.82) is 0 Å². The zero-order valence-corrected chi connectivity index (χ0v) is 10.9. The summed E-state index contributed by atoms with van der Waals surface area (Å²) in [5.74, 6) is 0.183. The third kappa shape index (κ3) is 3.27. The lowest BCUT2D eigenvalue weighted by Gasteiger charge is -2.33. The first-order chi connectivity index (χ1) is 8.00. The highest BCUT2D eigenvalue weighted by Crippen LogP contribution is 2.34. The fourth-order valence-electron chi connectivity index (χ4n) is 1.84. The number of hydrogen-bond donors (Lipinski definition) is 1. The van der Waals surface area contributed by atoms with Gasteiger partial charge in [0.2, 0.25) is 0 Å². The summed E-state index contributed by atoms with van der Waals surface area (Å²) in [6, 6.07) is 10.1. The Labute approximate surface area is 104 Å². The average Bonchev–Trinajstić information content (AvgIpc) is 2.30. The van der Waals surface area contributed by atoms with Gasteiger partial charge in [-0.05, 0) is 12.5 Å². The van der Waals surface area contributed by atoms with Gasteiger partial charge in [-0.1, -0.05) is 50.3 Å². The predicted octanol–water partition coefficient (Wildman–Crippen LogP) is 3.12. The Hall–Kier alpha value is -1.41. The molecule has 0 aliphatic carbocycles. The molecular weight excluding hydrogens is 210 g/mol. The Kier molecular flexibility index (Phi) is 4.64. The van der Waals surface area contributed by atoms with Crippen LogP contribution in [0.5, 0.6) is 0 Å². The maximum Gasteiger partial charge on any atom is 0.137 e. The van der Waals surface area contributed by atoms with Crippen molar-refractivity contribution in [1.82, 2.24) is 5.32 Å². The van der Waals surface area contributed by atoms with Gasteiger partial charge in [0.05, 0.1) is 0 Å². The molecule has 1 rings (SSSR count). The van der Waals surface area contributed by atoms with E-state index in [0.717, 1.165) is 5.56 Å². The highest BCUT2D eigenvalue weighted by molar-refractivity contribution is 5.82. The van der Waals surface area contributed by atoms with E-state index >= 15 is 0 Å². The highest BCUT2D eigenvalue weighted by Gasteiger charge is 2.34. The fourth-order valence-corrected chi connectivity index (χ4v) is 1.84. The van der Waals surface area contributed by atoms with Crippen molar-refractivity contribution in [3.63, 3.8) is 0 Å². The first-order valence-corrected chi connectivity index (χ1v) is 5.90. The first-order valence-electron chi connectivity index (χ1n) is 5.90. The molecule has 0 saturated carbocycles. The van der Waals surface area contributed by atoms with E-state index in [0.29, 0.717) is 6.54 Å². The Morgan fingerprint density at radius 1 is 1.41 bits per heavy atom. The summed E-state index contributed by atoms with van der Waals surface area (Å²) in [6.45, 7) is 9.99. The van der Waals surface area contributed by atoms with Gasteiger partial charge in [-0.25, -0.2) is 0 Å². The summed E-state index contributed by atoms with van der Waals surface area (Å²) < 4.78 is 0. The van der Waals surface area contributed by atoms with Gasteiger partial charge in [0.15, 0.2) is 0 Å². The van der Waals surface area contributed by atoms with E-state index < -0.39 is 5.41 Å². The molecule has 1 aromatic carbocycles. The van der Waals surface area contributed by atoms with Crippen LogP contribution >= 0.6 is 0 Å². The highest BCUT2D eigenvalue weighted by atomic mass is 16.1. The predicted molar refractivity (Wildman–Crippen MR) is 71.8 cm³/mol. The molecule has 1 N–H and O–H groups in total. The van der Waals surface area contributed by atoms with Crippen molar-refractivity contribution in [3.05, 3.63) is 48.6 Å². The summed E-state index contributed by atoms with van der Waals surface area (Å²) in [4.78, 5) is 11.8. The molecule has 0 bridgehead atoms. The molecule has 0 radical (unpaired) electrons. The lowest BCUT2D eigenvalue weighted by atomic mass is 9.77. The van der Waals surface area contributed by atoms with E-state index in [-0.39, 0.29) is 11.8 Å². The Morgan fingerprint density at radius 3 is 2.47 bits per heavy atom. The molecule has 92 valence electrons. The van der Waals surface area contributed by atoms with Crippen LogP contribution < -0.4 is 5.32 Å². The average molecular weight is 231 g/mol. The minimum absolute atomic E-state index is 0.0131. The second-order valence-electron chi connectivity index (χ2n) is 4.82. The number of nitrogens with one attached hydrogen (secondary N) is 1. The molecule has 0 heterocycles. The maximum absolute atomic E-state index is 11.8. The zero-order valence-electron chi connectivity index (χ0n) is 10.9. The smallest absolute Gasteiger partial charge is 0.137 e. The van der Waals surface area contributed by atoms with Gasteiger partial charge in [0, 0.05) is 18.0 Å². The molecule has 0 fully saturated rings. The maximum atomic E-state index is 11.8. The summed E-state index contributed by atoms with van der Waals surface area (Å²) in [5, 5.41) is 3.37. The Morgan fingerprint density at radius 2 is 2.00 bits per heavy atom. The van der Waals surface area contributed by atoms with Crippen molar-refractivity contribution >= 4 is 5.78 Å². The normalized spacial score (nSPS) is 13.1. The molecule has 1 aromatic rings. The molecule has 1 unspecified atom stereocenters. The molecule has 0 spiro atoms. The number of hydrogen-bond acceptors (Lipinski definition) is 2. The number of ketones is 1. The van der Waals surface area contributed by atoms with Crippen molar-refractivity contribution in [2.45, 2.75) is 26.8 Å². The van der Waals surface area contributed by atoms with E-state index in [9.17, 15) is 4.79 Å². The zero-order chi connectivity index (χ0) is 12.9. The van der Waals surface area contributed by atoms with Gasteiger partial charge in [-0.15, -0.1) is 6.58 Å². The number of rotatable bonds is 6. The molecule has 17 heavy (non-hydrogen) atoms. The van der Waals surface area contributed by atoms with Gasteiger partial charge in [0.1, 0.15) is 5.78 Å². The number of carbonyl (C=O) groups excluding carboxylic acids is 1. The van der Waals surface area contributed by atoms with Gasteiger partial charge in [0.25, 0.3) is 0 Å². The molecule has 0 saturated heterocycles. The first kappa shape index (κ1) is 13.7. The lowest BCUT2D eigenvalue weighted by Crippen LogP contribution is -2.39. The summed E-state index contributed by atoms with van der Waals surface area (Å²) in [5.41, 5.74) is 0.708. The molecule has 2 heteroatoms. The van der Waals surface area contributed by atoms with Crippen molar-refractivity contribution in [2.24, 2.45) is 5.41 Å². The van der Waals surface area contributed by atoms with Gasteiger partial charge >= 0.3 is 0 Å². The van der Waals surface area contributed by atoms with E-state index in [1.54, 1.807) is 6.92 Å². The van der Waals surface area contributed by atoms with Crippen LogP contribution in [0.1, 0.15) is 32.4 Å². The second kappa shape index (κ2) is 5.78. The summed E-state index contributed by atoms with van der Waals surface area (Å²) in [7, 11) is 0.